The van der Waals surface area contributed by atoms with Crippen molar-refractivity contribution in [2.75, 3.05) is 6.54 Å². The minimum absolute atomic E-state index is 0.408. The summed E-state index contributed by atoms with van der Waals surface area (Å²) in [6.07, 6.45) is 4.15. The first kappa shape index (κ1) is 11.4. The average Bonchev–Trinajstić information content (AvgIpc) is 2.67. The Morgan fingerprint density at radius 1 is 1.53 bits per heavy atom. The molecule has 0 radical (unpaired) electrons. The number of carbonyl (C=O) groups is 2. The van der Waals surface area contributed by atoms with Gasteiger partial charge in [-0.2, -0.15) is 0 Å². The van der Waals surface area contributed by atoms with Gasteiger partial charge < -0.3 is 10.4 Å². The van der Waals surface area contributed by atoms with Gasteiger partial charge in [-0.05, 0) is 0 Å². The number of carbonyl (C=O) groups excluding carboxylic acids is 1. The molecule has 6 heteroatoms. The zero-order valence-electron chi connectivity index (χ0n) is 7.84. The molecule has 0 unspecified atom stereocenters. The second kappa shape index (κ2) is 5.92. The summed E-state index contributed by atoms with van der Waals surface area (Å²) >= 11 is 1.52. The van der Waals surface area contributed by atoms with Crippen LogP contribution in [-0.2, 0) is 16.0 Å². The minimum atomic E-state index is -1.13. The number of hydrogen-bond acceptors (Lipinski definition) is 4. The minimum Gasteiger partial charge on any atom is -0.478 e. The zero-order valence-corrected chi connectivity index (χ0v) is 8.66. The SMILES string of the molecule is O=C(O)C=CC(=O)NCCc1nccs1. The third-order valence-electron chi connectivity index (χ3n) is 1.50. The van der Waals surface area contributed by atoms with E-state index in [1.807, 2.05) is 5.38 Å². The van der Waals surface area contributed by atoms with Gasteiger partial charge in [0.25, 0.3) is 0 Å². The molecule has 0 aromatic carbocycles. The highest BCUT2D eigenvalue weighted by Crippen LogP contribution is 2.03. The Balaban J connectivity index is 2.20. The smallest absolute Gasteiger partial charge is 0.328 e. The maximum absolute atomic E-state index is 11.0. The highest BCUT2D eigenvalue weighted by molar-refractivity contribution is 7.09. The Bertz CT molecular complexity index is 359. The van der Waals surface area contributed by atoms with Crippen molar-refractivity contribution in [2.24, 2.45) is 0 Å². The largest absolute Gasteiger partial charge is 0.478 e. The number of nitrogens with zero attached hydrogens (tertiary/aromatic N) is 1. The van der Waals surface area contributed by atoms with E-state index in [9.17, 15) is 9.59 Å². The van der Waals surface area contributed by atoms with Gasteiger partial charge in [-0.15, -0.1) is 11.3 Å². The van der Waals surface area contributed by atoms with Gasteiger partial charge in [-0.3, -0.25) is 4.79 Å². The molecule has 0 aliphatic carbocycles. The number of carboxylic acids is 1. The van der Waals surface area contributed by atoms with Crippen molar-refractivity contribution < 1.29 is 14.7 Å². The molecule has 1 aromatic rings. The monoisotopic (exact) mass is 226 g/mol. The second-order valence-corrected chi connectivity index (χ2v) is 3.62. The van der Waals surface area contributed by atoms with Crippen molar-refractivity contribution >= 4 is 23.2 Å². The summed E-state index contributed by atoms with van der Waals surface area (Å²) in [6.45, 7) is 0.455. The van der Waals surface area contributed by atoms with E-state index in [0.29, 0.717) is 13.0 Å². The Labute approximate surface area is 90.5 Å². The van der Waals surface area contributed by atoms with E-state index in [2.05, 4.69) is 10.3 Å². The summed E-state index contributed by atoms with van der Waals surface area (Å²) in [4.78, 5) is 25.1. The molecule has 5 nitrogen and oxygen atoms in total. The Hall–Kier alpha value is -1.69. The maximum Gasteiger partial charge on any atom is 0.328 e. The van der Waals surface area contributed by atoms with Crippen LogP contribution in [0.3, 0.4) is 0 Å². The molecule has 0 spiro atoms. The summed E-state index contributed by atoms with van der Waals surface area (Å²) in [5, 5.41) is 13.6. The molecule has 1 aromatic heterocycles. The number of thiazole rings is 1. The normalized spacial score (nSPS) is 10.4. The van der Waals surface area contributed by atoms with Crippen LogP contribution in [0.2, 0.25) is 0 Å². The van der Waals surface area contributed by atoms with Crippen molar-refractivity contribution in [2.45, 2.75) is 6.42 Å². The van der Waals surface area contributed by atoms with Crippen LogP contribution in [0, 0.1) is 0 Å². The van der Waals surface area contributed by atoms with E-state index in [1.165, 1.54) is 11.3 Å². The van der Waals surface area contributed by atoms with Crippen LogP contribution < -0.4 is 5.32 Å². The number of aromatic nitrogens is 1. The van der Waals surface area contributed by atoms with Crippen LogP contribution in [0.5, 0.6) is 0 Å². The lowest BCUT2D eigenvalue weighted by Gasteiger charge is -1.98. The third-order valence-corrected chi connectivity index (χ3v) is 2.34. The number of aliphatic carboxylic acids is 1. The second-order valence-electron chi connectivity index (χ2n) is 2.64. The molecule has 0 saturated carbocycles. The van der Waals surface area contributed by atoms with Gasteiger partial charge in [0.1, 0.15) is 0 Å². The number of rotatable bonds is 5. The fourth-order valence-corrected chi connectivity index (χ4v) is 1.50. The summed E-state index contributed by atoms with van der Waals surface area (Å²) < 4.78 is 0. The lowest BCUT2D eigenvalue weighted by molar-refractivity contribution is -0.131. The number of nitrogens with one attached hydrogen (secondary N) is 1. The quantitative estimate of drug-likeness (QED) is 0.714. The van der Waals surface area contributed by atoms with Gasteiger partial charge >= 0.3 is 5.97 Å². The molecule has 0 atom stereocenters. The fraction of sp³-hybridized carbons (Fsp3) is 0.222. The first-order valence-electron chi connectivity index (χ1n) is 4.25. The molecule has 15 heavy (non-hydrogen) atoms. The van der Waals surface area contributed by atoms with Crippen molar-refractivity contribution in [3.8, 4) is 0 Å². The molecule has 0 bridgehead atoms. The lowest BCUT2D eigenvalue weighted by atomic mass is 10.4. The lowest BCUT2D eigenvalue weighted by Crippen LogP contribution is -2.23. The van der Waals surface area contributed by atoms with Gasteiger partial charge in [-0.25, -0.2) is 9.78 Å². The van der Waals surface area contributed by atoms with Gasteiger partial charge in [0.05, 0.1) is 5.01 Å². The summed E-state index contributed by atoms with van der Waals surface area (Å²) in [7, 11) is 0. The molecule has 0 saturated heterocycles. The topological polar surface area (TPSA) is 79.3 Å². The van der Waals surface area contributed by atoms with Crippen LogP contribution >= 0.6 is 11.3 Å². The average molecular weight is 226 g/mol. The Kier molecular flexibility index (Phi) is 4.49. The first-order valence-corrected chi connectivity index (χ1v) is 5.13. The predicted octanol–water partition coefficient (Wildman–Crippen LogP) is 0.443. The Morgan fingerprint density at radius 2 is 2.33 bits per heavy atom. The highest BCUT2D eigenvalue weighted by atomic mass is 32.1. The Morgan fingerprint density at radius 3 is 2.93 bits per heavy atom. The fourth-order valence-electron chi connectivity index (χ4n) is 0.875. The summed E-state index contributed by atoms with van der Waals surface area (Å²) in [5.74, 6) is -1.54. The van der Waals surface area contributed by atoms with Crippen LogP contribution in [-0.4, -0.2) is 28.5 Å². The third kappa shape index (κ3) is 4.92. The van der Waals surface area contributed by atoms with Crippen LogP contribution in [0.25, 0.3) is 0 Å². The van der Waals surface area contributed by atoms with Crippen molar-refractivity contribution in [1.29, 1.82) is 0 Å². The van der Waals surface area contributed by atoms with E-state index in [1.54, 1.807) is 6.20 Å². The summed E-state index contributed by atoms with van der Waals surface area (Å²) in [5.41, 5.74) is 0. The van der Waals surface area contributed by atoms with Crippen molar-refractivity contribution in [3.63, 3.8) is 0 Å². The zero-order chi connectivity index (χ0) is 11.1. The predicted molar refractivity (Wildman–Crippen MR) is 55.6 cm³/mol. The first-order chi connectivity index (χ1) is 7.18. The van der Waals surface area contributed by atoms with Gasteiger partial charge in [-0.1, -0.05) is 0 Å². The number of carboxylic acid groups (broad SMARTS) is 1. The van der Waals surface area contributed by atoms with Crippen molar-refractivity contribution in [1.82, 2.24) is 10.3 Å². The van der Waals surface area contributed by atoms with Crippen LogP contribution in [0.4, 0.5) is 0 Å². The van der Waals surface area contributed by atoms with E-state index in [-0.39, 0.29) is 0 Å². The maximum atomic E-state index is 11.0. The van der Waals surface area contributed by atoms with Gasteiger partial charge in [0.2, 0.25) is 5.91 Å². The van der Waals surface area contributed by atoms with E-state index < -0.39 is 11.9 Å². The molecule has 1 amide bonds. The van der Waals surface area contributed by atoms with Crippen LogP contribution in [0.15, 0.2) is 23.7 Å². The molecule has 0 fully saturated rings. The molecule has 0 aliphatic rings. The molecular formula is C9H10N2O3S. The van der Waals surface area contributed by atoms with E-state index in [0.717, 1.165) is 17.2 Å². The number of hydrogen-bond donors (Lipinski definition) is 2. The summed E-state index contributed by atoms with van der Waals surface area (Å²) in [6, 6.07) is 0. The highest BCUT2D eigenvalue weighted by Gasteiger charge is 1.98. The molecule has 0 aliphatic heterocycles. The molecule has 80 valence electrons. The van der Waals surface area contributed by atoms with E-state index >= 15 is 0 Å². The molecule has 1 heterocycles. The van der Waals surface area contributed by atoms with Crippen molar-refractivity contribution in [3.05, 3.63) is 28.7 Å². The molecular weight excluding hydrogens is 216 g/mol. The molecule has 2 N–H and O–H groups in total. The van der Waals surface area contributed by atoms with Crippen LogP contribution in [0.1, 0.15) is 5.01 Å². The van der Waals surface area contributed by atoms with E-state index in [4.69, 9.17) is 5.11 Å². The molecule has 1 rings (SSSR count). The van der Waals surface area contributed by atoms with Gasteiger partial charge in [0.15, 0.2) is 0 Å². The standard InChI is InChI=1S/C9H10N2O3S/c12-7(1-2-9(13)14)10-4-3-8-11-5-6-15-8/h1-2,5-6H,3-4H2,(H,10,12)(H,13,14). The number of amides is 1. The van der Waals surface area contributed by atoms with Gasteiger partial charge in [0, 0.05) is 36.7 Å².